The summed E-state index contributed by atoms with van der Waals surface area (Å²) in [5.41, 5.74) is 6.13. The highest BCUT2D eigenvalue weighted by molar-refractivity contribution is 7.13. The predicted octanol–water partition coefficient (Wildman–Crippen LogP) is 9.91. The highest BCUT2D eigenvalue weighted by Gasteiger charge is 2.51. The average molecular weight is 1170 g/mol. The van der Waals surface area contributed by atoms with Gasteiger partial charge in [-0.05, 0) is 116 Å². The normalized spacial score (nSPS) is 21.9. The van der Waals surface area contributed by atoms with Crippen molar-refractivity contribution in [2.45, 2.75) is 141 Å². The van der Waals surface area contributed by atoms with Crippen LogP contribution in [0.5, 0.6) is 17.6 Å². The van der Waals surface area contributed by atoms with Gasteiger partial charge in [0, 0.05) is 49.9 Å². The Hall–Kier alpha value is -7.49. The van der Waals surface area contributed by atoms with Gasteiger partial charge in [-0.15, -0.1) is 11.3 Å². The van der Waals surface area contributed by atoms with Crippen molar-refractivity contribution in [1.82, 2.24) is 45.1 Å². The van der Waals surface area contributed by atoms with Crippen molar-refractivity contribution < 1.29 is 47.7 Å². The van der Waals surface area contributed by atoms with E-state index in [1.807, 2.05) is 75.7 Å². The molecule has 5 aliphatic rings. The molecule has 3 amide bonds. The van der Waals surface area contributed by atoms with Gasteiger partial charge in [0.15, 0.2) is 11.6 Å². The molecule has 3 N–H and O–H groups in total. The van der Waals surface area contributed by atoms with Gasteiger partial charge in [-0.1, -0.05) is 76.1 Å². The molecule has 0 saturated carbocycles. The van der Waals surface area contributed by atoms with Gasteiger partial charge >= 0.3 is 12.1 Å². The number of phenolic OH excluding ortho intramolecular Hbond substituents is 1. The smallest absolute Gasteiger partial charge is 0.410 e. The second-order valence-electron chi connectivity index (χ2n) is 23.8. The Morgan fingerprint density at radius 2 is 1.75 bits per heavy atom. The number of aliphatic hydroxyl groups is 1. The summed E-state index contributed by atoms with van der Waals surface area (Å²) in [6.45, 7) is 13.1. The zero-order chi connectivity index (χ0) is 58.4. The third-order valence-corrected chi connectivity index (χ3v) is 18.9. The van der Waals surface area contributed by atoms with Gasteiger partial charge in [0.25, 0.3) is 5.88 Å². The molecule has 442 valence electrons. The number of ether oxygens (including phenoxy) is 3. The van der Waals surface area contributed by atoms with Crippen LogP contribution in [0.25, 0.3) is 43.4 Å². The molecule has 84 heavy (non-hydrogen) atoms. The van der Waals surface area contributed by atoms with E-state index in [9.17, 15) is 24.6 Å². The fourth-order valence-corrected chi connectivity index (χ4v) is 14.2. The van der Waals surface area contributed by atoms with Gasteiger partial charge < -0.3 is 49.0 Å². The van der Waals surface area contributed by atoms with Crippen LogP contribution in [0.15, 0.2) is 76.9 Å². The number of aromatic nitrogens is 5. The van der Waals surface area contributed by atoms with Crippen LogP contribution in [0.4, 0.5) is 15.0 Å². The van der Waals surface area contributed by atoms with Gasteiger partial charge in [-0.2, -0.15) is 9.97 Å². The van der Waals surface area contributed by atoms with Crippen molar-refractivity contribution in [3.8, 4) is 39.3 Å². The Balaban J connectivity index is 0.656. The van der Waals surface area contributed by atoms with E-state index in [4.69, 9.17) is 33.7 Å². The number of nitrogens with one attached hydrogen (secondary N) is 1. The van der Waals surface area contributed by atoms with Crippen LogP contribution in [0.1, 0.15) is 120 Å². The van der Waals surface area contributed by atoms with Crippen LogP contribution in [0, 0.1) is 18.7 Å². The minimum absolute atomic E-state index is 0.00357. The molecule has 9 heterocycles. The number of carbonyl (C=O) groups is 3. The molecule has 21 heteroatoms. The Bertz CT molecular complexity index is 3570. The Kier molecular flexibility index (Phi) is 16.2. The van der Waals surface area contributed by atoms with Crippen LogP contribution in [0.2, 0.25) is 0 Å². The second kappa shape index (κ2) is 23.9. The lowest BCUT2D eigenvalue weighted by molar-refractivity contribution is -0.141. The quantitative estimate of drug-likeness (QED) is 0.0772. The number of halogens is 1. The molecule has 5 aliphatic heterocycles. The maximum Gasteiger partial charge on any atom is 0.410 e. The summed E-state index contributed by atoms with van der Waals surface area (Å²) < 4.78 is 41.7. The first-order chi connectivity index (χ1) is 40.6. The second-order valence-corrected chi connectivity index (χ2v) is 24.7. The van der Waals surface area contributed by atoms with E-state index in [0.717, 1.165) is 109 Å². The lowest BCUT2D eigenvalue weighted by Crippen LogP contribution is -2.56. The summed E-state index contributed by atoms with van der Waals surface area (Å²) in [5, 5.41) is 30.9. The Morgan fingerprint density at radius 3 is 2.50 bits per heavy atom. The molecule has 0 radical (unpaired) electrons. The lowest BCUT2D eigenvalue weighted by Gasteiger charge is -2.38. The molecule has 5 fully saturated rings. The summed E-state index contributed by atoms with van der Waals surface area (Å²) in [7, 11) is 0. The number of thiazole rings is 1. The van der Waals surface area contributed by atoms with Crippen molar-refractivity contribution >= 4 is 56.7 Å². The molecule has 5 saturated heterocycles. The Labute approximate surface area is 491 Å². The topological polar surface area (TPSA) is 222 Å². The van der Waals surface area contributed by atoms with Crippen molar-refractivity contribution in [1.29, 1.82) is 0 Å². The molecular weight excluding hydrogens is 1090 g/mol. The Morgan fingerprint density at radius 1 is 0.952 bits per heavy atom. The third-order valence-electron chi connectivity index (χ3n) is 17.9. The van der Waals surface area contributed by atoms with E-state index in [0.29, 0.717) is 23.2 Å². The number of hydrogen-bond donors (Lipinski definition) is 3. The van der Waals surface area contributed by atoms with Crippen LogP contribution in [-0.2, 0) is 20.7 Å². The minimum atomic E-state index is -0.883. The van der Waals surface area contributed by atoms with E-state index in [1.54, 1.807) is 40.6 Å². The zero-order valence-corrected chi connectivity index (χ0v) is 49.1. The maximum atomic E-state index is 17.3. The minimum Gasteiger partial charge on any atom is -0.508 e. The largest absolute Gasteiger partial charge is 0.508 e. The molecule has 0 unspecified atom stereocenters. The number of carbonyl (C=O) groups excluding carboxylic acids is 3. The summed E-state index contributed by atoms with van der Waals surface area (Å²) in [4.78, 5) is 69.2. The van der Waals surface area contributed by atoms with E-state index in [1.165, 1.54) is 4.90 Å². The fourth-order valence-electron chi connectivity index (χ4n) is 13.4. The number of hydrogen-bond acceptors (Lipinski definition) is 17. The fraction of sp³-hybridized carbons (Fsp3) is 0.492. The number of fused-ring (bicyclic) bond motifs is 3. The summed E-state index contributed by atoms with van der Waals surface area (Å²) in [5.74, 6) is -1.29. The summed E-state index contributed by atoms with van der Waals surface area (Å²) in [6.07, 6.45) is 8.40. The monoisotopic (exact) mass is 1160 g/mol. The number of benzene rings is 3. The number of aromatic hydroxyl groups is 1. The van der Waals surface area contributed by atoms with Crippen LogP contribution in [0.3, 0.4) is 0 Å². The number of nitrogens with zero attached hydrogens (tertiary/aromatic N) is 9. The number of likely N-dealkylation sites (tertiary alicyclic amines) is 2. The standard InChI is InChI=1S/C63H73FN10O9S/c1-6-39-13-11-14-42-25-44(75)26-47(53(39)42)55-54(64)56-48(29-65-55)58(71-22-9-7-8-10-23-71)69-61(68-56)81-34-63-20-12-24-74(63)43(19-21-63)33-80-62(79)72-31-46(32-72)82-51-28-50(83-70-51)52(36(2)3)60(78)73-30-45(76)27-49(73)59(77)67-37(4)40-15-17-41(18-16-40)57-38(5)66-35-84-57/h11,13-18,25-26,28-29,35-37,43,45-46,49,52,75-76H,6-10,12,19-24,27,30-34H2,1-5H3,(H,67,77)/t37-,43-,45+,49-,52-,63+/m0/s1. The molecule has 0 aliphatic carbocycles. The number of aliphatic hydroxyl groups excluding tert-OH is 1. The van der Waals surface area contributed by atoms with E-state index in [-0.39, 0.29) is 115 Å². The first-order valence-corrected chi connectivity index (χ1v) is 30.6. The molecule has 12 rings (SSSR count). The van der Waals surface area contributed by atoms with Gasteiger partial charge in [0.1, 0.15) is 54.1 Å². The SMILES string of the molecule is CCc1cccc2cc(O)cc(-c3ncc4c(N5CCCCCC5)nc(OC[C@]56CCCN5[C@H](COC(=O)N5CC(Oc7cc([C@@H](C(=O)N8C[C@H](O)C[C@H]8C(=O)N[C@@H](C)c8ccc(-c9scnc9C)cc8)C(C)C)on7)C5)CC6)nc4c3F)c12. The van der Waals surface area contributed by atoms with E-state index >= 15 is 4.39 Å². The number of anilines is 1. The van der Waals surface area contributed by atoms with Gasteiger partial charge in [0.05, 0.1) is 52.2 Å². The lowest BCUT2D eigenvalue weighted by atomic mass is 9.91. The number of aryl methyl sites for hydroxylation is 2. The highest BCUT2D eigenvalue weighted by Crippen LogP contribution is 2.44. The predicted molar refractivity (Wildman–Crippen MR) is 316 cm³/mol. The molecule has 0 bridgehead atoms. The van der Waals surface area contributed by atoms with E-state index < -0.39 is 30.0 Å². The third kappa shape index (κ3) is 11.2. The van der Waals surface area contributed by atoms with E-state index in [2.05, 4.69) is 32.2 Å². The molecule has 7 aromatic rings. The number of amides is 3. The number of β-amino-alcohol motifs (C(OH)–C–C–N with tert-alkyl or cyclic N) is 1. The summed E-state index contributed by atoms with van der Waals surface area (Å²) >= 11 is 1.58. The van der Waals surface area contributed by atoms with Gasteiger partial charge in [0.2, 0.25) is 11.8 Å². The van der Waals surface area contributed by atoms with Crippen molar-refractivity contribution in [2.24, 2.45) is 5.92 Å². The number of pyridine rings is 1. The number of phenols is 1. The molecular formula is C63H73FN10O9S. The van der Waals surface area contributed by atoms with Crippen molar-refractivity contribution in [3.63, 3.8) is 0 Å². The molecule has 3 aromatic carbocycles. The van der Waals surface area contributed by atoms with Gasteiger partial charge in [-0.25, -0.2) is 14.2 Å². The first-order valence-electron chi connectivity index (χ1n) is 29.7. The van der Waals surface area contributed by atoms with Crippen LogP contribution < -0.4 is 19.7 Å². The molecule has 4 aromatic heterocycles. The first kappa shape index (κ1) is 57.0. The maximum absolute atomic E-state index is 17.3. The molecule has 0 spiro atoms. The zero-order valence-electron chi connectivity index (χ0n) is 48.3. The molecule has 6 atom stereocenters. The van der Waals surface area contributed by atoms with Gasteiger partial charge in [-0.3, -0.25) is 19.5 Å². The van der Waals surface area contributed by atoms with Crippen molar-refractivity contribution in [2.75, 3.05) is 57.4 Å². The number of rotatable bonds is 17. The van der Waals surface area contributed by atoms with Crippen LogP contribution in [-0.4, -0.2) is 150 Å². The van der Waals surface area contributed by atoms with Crippen molar-refractivity contribution in [3.05, 3.63) is 101 Å². The molecule has 19 nitrogen and oxygen atoms in total. The highest BCUT2D eigenvalue weighted by atomic mass is 32.1. The summed E-state index contributed by atoms with van der Waals surface area (Å²) in [6, 6.07) is 17.5. The average Bonchev–Trinajstić information content (AvgIpc) is 2.55. The van der Waals surface area contributed by atoms with Crippen LogP contribution >= 0.6 is 11.3 Å².